The van der Waals surface area contributed by atoms with Gasteiger partial charge in [0.15, 0.2) is 12.4 Å². The number of halogens is 2. The Kier molecular flexibility index (Phi) is 6.66. The molecule has 3 aromatic carbocycles. The number of aliphatic carboxylic acids is 1. The number of furan rings is 1. The number of hydrogen-bond acceptors (Lipinski definition) is 8. The quantitative estimate of drug-likeness (QED) is 0.147. The van der Waals surface area contributed by atoms with E-state index in [0.717, 1.165) is 10.9 Å². The van der Waals surface area contributed by atoms with Crippen LogP contribution in [-0.4, -0.2) is 38.5 Å². The van der Waals surface area contributed by atoms with E-state index in [-0.39, 0.29) is 28.3 Å². The third-order valence-corrected chi connectivity index (χ3v) is 6.06. The van der Waals surface area contributed by atoms with Gasteiger partial charge >= 0.3 is 11.7 Å². The van der Waals surface area contributed by atoms with Crippen LogP contribution < -0.4 is 10.3 Å². The molecule has 0 aliphatic heterocycles. The van der Waals surface area contributed by atoms with E-state index in [1.54, 1.807) is 48.5 Å². The maximum absolute atomic E-state index is 13.5. The van der Waals surface area contributed by atoms with E-state index in [2.05, 4.69) is 26.0 Å². The monoisotopic (exact) mass is 596 g/mol. The predicted molar refractivity (Wildman–Crippen MR) is 143 cm³/mol. The summed E-state index contributed by atoms with van der Waals surface area (Å²) in [6, 6.07) is 16.0. The molecule has 5 aromatic rings. The lowest BCUT2D eigenvalue weighted by molar-refractivity contribution is -0.385. The molecule has 0 fully saturated rings. The summed E-state index contributed by atoms with van der Waals surface area (Å²) in [6.07, 6.45) is 1.15. The number of nitrogens with zero attached hydrogens (tertiary/aromatic N) is 4. The van der Waals surface area contributed by atoms with E-state index in [0.29, 0.717) is 26.0 Å². The van der Waals surface area contributed by atoms with Crippen LogP contribution in [0.25, 0.3) is 33.5 Å². The molecule has 0 saturated heterocycles. The number of fused-ring (bicyclic) bond motifs is 2. The number of nitro groups is 1. The zero-order valence-electron chi connectivity index (χ0n) is 19.0. The summed E-state index contributed by atoms with van der Waals surface area (Å²) in [5, 5.41) is 26.4. The largest absolute Gasteiger partial charge is 0.479 e. The molecule has 0 aliphatic carbocycles. The van der Waals surface area contributed by atoms with Gasteiger partial charge in [0.2, 0.25) is 11.6 Å². The first kappa shape index (κ1) is 25.1. The van der Waals surface area contributed by atoms with Crippen LogP contribution in [0.3, 0.4) is 0 Å². The maximum Gasteiger partial charge on any atom is 0.341 e. The van der Waals surface area contributed by atoms with Gasteiger partial charge in [0.1, 0.15) is 5.58 Å². The average molecular weight is 598 g/mol. The number of carboxylic acid groups (broad SMARTS) is 1. The third-order valence-electron chi connectivity index (χ3n) is 5.36. The van der Waals surface area contributed by atoms with Crippen molar-refractivity contribution in [1.82, 2.24) is 9.66 Å². The second kappa shape index (κ2) is 10.1. The number of carbonyl (C=O) groups is 1. The van der Waals surface area contributed by atoms with Crippen LogP contribution in [0, 0.1) is 10.1 Å². The molecule has 0 spiro atoms. The number of carboxylic acids is 1. The minimum Gasteiger partial charge on any atom is -0.479 e. The molecule has 11 nitrogen and oxygen atoms in total. The fourth-order valence-corrected chi connectivity index (χ4v) is 4.40. The van der Waals surface area contributed by atoms with Gasteiger partial charge < -0.3 is 14.3 Å². The Morgan fingerprint density at radius 2 is 2.03 bits per heavy atom. The highest BCUT2D eigenvalue weighted by molar-refractivity contribution is 9.10. The molecular weight excluding hydrogens is 584 g/mol. The van der Waals surface area contributed by atoms with Crippen LogP contribution >= 0.6 is 27.5 Å². The number of nitro benzene ring substituents is 1. The van der Waals surface area contributed by atoms with Gasteiger partial charge in [-0.15, -0.1) is 0 Å². The van der Waals surface area contributed by atoms with Crippen molar-refractivity contribution in [3.63, 3.8) is 0 Å². The van der Waals surface area contributed by atoms with Crippen LogP contribution in [0.5, 0.6) is 5.75 Å². The molecule has 5 rings (SSSR count). The van der Waals surface area contributed by atoms with Crippen LogP contribution in [0.4, 0.5) is 5.69 Å². The second-order valence-corrected chi connectivity index (χ2v) is 9.24. The molecule has 0 unspecified atom stereocenters. The van der Waals surface area contributed by atoms with E-state index < -0.39 is 28.7 Å². The Hall–Kier alpha value is -4.55. The number of rotatable bonds is 7. The van der Waals surface area contributed by atoms with Gasteiger partial charge in [0.05, 0.1) is 22.0 Å². The number of aromatic nitrogens is 2. The summed E-state index contributed by atoms with van der Waals surface area (Å²) in [4.78, 5) is 40.0. The lowest BCUT2D eigenvalue weighted by atomic mass is 10.2. The van der Waals surface area contributed by atoms with Crippen molar-refractivity contribution >= 4 is 67.3 Å². The Balaban J connectivity index is 1.72. The summed E-state index contributed by atoms with van der Waals surface area (Å²) >= 11 is 9.30. The molecule has 0 atom stereocenters. The normalized spacial score (nSPS) is 11.4. The van der Waals surface area contributed by atoms with Crippen LogP contribution in [0.2, 0.25) is 5.02 Å². The molecule has 0 radical (unpaired) electrons. The number of benzene rings is 3. The zero-order valence-corrected chi connectivity index (χ0v) is 21.3. The second-order valence-electron chi connectivity index (χ2n) is 7.89. The SMILES string of the molecule is O=C(O)COc1c(C=Nn2c(-c3cc4cc(Cl)ccc4o3)nc3ccccc3c2=O)cc(Br)cc1[N+](=O)[O-]. The van der Waals surface area contributed by atoms with Gasteiger partial charge in [0.25, 0.3) is 5.56 Å². The van der Waals surface area contributed by atoms with Gasteiger partial charge in [0, 0.05) is 26.5 Å². The van der Waals surface area contributed by atoms with Gasteiger partial charge in [-0.2, -0.15) is 9.78 Å². The Labute approximate surface area is 225 Å². The highest BCUT2D eigenvalue weighted by Crippen LogP contribution is 2.34. The summed E-state index contributed by atoms with van der Waals surface area (Å²) < 4.78 is 12.4. The van der Waals surface area contributed by atoms with Crippen molar-refractivity contribution < 1.29 is 24.0 Å². The number of hydrogen-bond donors (Lipinski definition) is 1. The fraction of sp³-hybridized carbons (Fsp3) is 0.0400. The summed E-state index contributed by atoms with van der Waals surface area (Å²) in [5.41, 5.74) is -0.0525. The predicted octanol–water partition coefficient (Wildman–Crippen LogP) is 5.48. The third kappa shape index (κ3) is 4.86. The van der Waals surface area contributed by atoms with Crippen molar-refractivity contribution in [3.05, 3.63) is 96.2 Å². The minimum absolute atomic E-state index is 0.0507. The van der Waals surface area contributed by atoms with Gasteiger partial charge in [-0.1, -0.05) is 39.7 Å². The Morgan fingerprint density at radius 3 is 2.79 bits per heavy atom. The molecule has 0 amide bonds. The molecule has 190 valence electrons. The number of ether oxygens (including phenoxy) is 1. The molecule has 0 aliphatic rings. The lowest BCUT2D eigenvalue weighted by Gasteiger charge is -2.10. The molecule has 2 heterocycles. The van der Waals surface area contributed by atoms with Crippen molar-refractivity contribution in [3.8, 4) is 17.3 Å². The molecule has 1 N–H and O–H groups in total. The molecule has 0 saturated carbocycles. The van der Waals surface area contributed by atoms with Gasteiger partial charge in [-0.05, 0) is 42.5 Å². The first-order chi connectivity index (χ1) is 18.2. The van der Waals surface area contributed by atoms with Crippen LogP contribution in [-0.2, 0) is 4.79 Å². The van der Waals surface area contributed by atoms with Crippen molar-refractivity contribution in [2.24, 2.45) is 5.10 Å². The first-order valence-electron chi connectivity index (χ1n) is 10.8. The topological polar surface area (TPSA) is 150 Å². The van der Waals surface area contributed by atoms with E-state index in [1.807, 2.05) is 0 Å². The Morgan fingerprint density at radius 1 is 1.24 bits per heavy atom. The van der Waals surface area contributed by atoms with Crippen molar-refractivity contribution in [2.75, 3.05) is 6.61 Å². The highest BCUT2D eigenvalue weighted by atomic mass is 79.9. The molecule has 0 bridgehead atoms. The van der Waals surface area contributed by atoms with Crippen molar-refractivity contribution in [1.29, 1.82) is 0 Å². The fourth-order valence-electron chi connectivity index (χ4n) is 3.76. The van der Waals surface area contributed by atoms with Crippen LogP contribution in [0.1, 0.15) is 5.56 Å². The molecule has 13 heteroatoms. The highest BCUT2D eigenvalue weighted by Gasteiger charge is 2.22. The van der Waals surface area contributed by atoms with E-state index in [9.17, 15) is 19.7 Å². The smallest absolute Gasteiger partial charge is 0.341 e. The van der Waals surface area contributed by atoms with E-state index in [4.69, 9.17) is 25.9 Å². The first-order valence-corrected chi connectivity index (χ1v) is 12.0. The minimum atomic E-state index is -1.33. The Bertz CT molecular complexity index is 1850. The average Bonchev–Trinajstić information content (AvgIpc) is 3.30. The molecular formula is C25H14BrClN4O7. The zero-order chi connectivity index (χ0) is 27.0. The maximum atomic E-state index is 13.5. The molecule has 38 heavy (non-hydrogen) atoms. The van der Waals surface area contributed by atoms with Crippen molar-refractivity contribution in [2.45, 2.75) is 0 Å². The van der Waals surface area contributed by atoms with Crippen LogP contribution in [0.15, 0.2) is 79.4 Å². The van der Waals surface area contributed by atoms with E-state index in [1.165, 1.54) is 12.1 Å². The number of para-hydroxylation sites is 1. The standard InChI is InChI=1S/C25H14BrClN4O7/c26-15-7-14(23(37-12-22(32)33)19(10-15)31(35)36)11-28-30-24(29-18-4-2-1-3-17(18)25(30)34)21-9-13-8-16(27)5-6-20(13)38-21/h1-11H,12H2,(H,32,33). The lowest BCUT2D eigenvalue weighted by Crippen LogP contribution is -2.20. The summed E-state index contributed by atoms with van der Waals surface area (Å²) in [6.45, 7) is -0.826. The van der Waals surface area contributed by atoms with Gasteiger partial charge in [-0.25, -0.2) is 9.78 Å². The summed E-state index contributed by atoms with van der Waals surface area (Å²) in [5.74, 6) is -1.36. The molecule has 2 aromatic heterocycles. The summed E-state index contributed by atoms with van der Waals surface area (Å²) in [7, 11) is 0. The van der Waals surface area contributed by atoms with Gasteiger partial charge in [-0.3, -0.25) is 14.9 Å². The van der Waals surface area contributed by atoms with E-state index >= 15 is 0 Å².